The van der Waals surface area contributed by atoms with Crippen molar-refractivity contribution in [2.75, 3.05) is 6.54 Å². The standard InChI is InChI=1S/C16H15Cl3IN/c1-2-7-21-16(10-3-6-15(20)14(19)8-10)12-5-4-11(17)9-13(12)18/h3-6,8-9,16,21H,2,7H2,1H3. The molecule has 5 heteroatoms. The molecule has 0 radical (unpaired) electrons. The topological polar surface area (TPSA) is 12.0 Å². The zero-order valence-corrected chi connectivity index (χ0v) is 15.9. The van der Waals surface area contributed by atoms with Gasteiger partial charge < -0.3 is 5.32 Å². The number of rotatable bonds is 5. The first-order chi connectivity index (χ1) is 10.0. The van der Waals surface area contributed by atoms with Crippen LogP contribution in [-0.4, -0.2) is 6.54 Å². The lowest BCUT2D eigenvalue weighted by Gasteiger charge is -2.21. The molecule has 0 aliphatic rings. The van der Waals surface area contributed by atoms with E-state index >= 15 is 0 Å². The fourth-order valence-electron chi connectivity index (χ4n) is 2.12. The van der Waals surface area contributed by atoms with Gasteiger partial charge in [-0.05, 0) is 70.9 Å². The summed E-state index contributed by atoms with van der Waals surface area (Å²) in [4.78, 5) is 0. The monoisotopic (exact) mass is 453 g/mol. The number of halogens is 4. The van der Waals surface area contributed by atoms with E-state index in [1.807, 2.05) is 24.3 Å². The van der Waals surface area contributed by atoms with E-state index in [2.05, 4.69) is 40.9 Å². The molecule has 0 aromatic heterocycles. The quantitative estimate of drug-likeness (QED) is 0.520. The third-order valence-electron chi connectivity index (χ3n) is 3.15. The molecule has 1 N–H and O–H groups in total. The lowest BCUT2D eigenvalue weighted by atomic mass is 9.98. The number of nitrogens with one attached hydrogen (secondary N) is 1. The zero-order valence-electron chi connectivity index (χ0n) is 11.5. The molecule has 21 heavy (non-hydrogen) atoms. The summed E-state index contributed by atoms with van der Waals surface area (Å²) in [6.07, 6.45) is 1.04. The van der Waals surface area contributed by atoms with Gasteiger partial charge in [-0.1, -0.05) is 53.9 Å². The van der Waals surface area contributed by atoms with E-state index in [0.29, 0.717) is 10.0 Å². The predicted molar refractivity (Wildman–Crippen MR) is 101 cm³/mol. The van der Waals surface area contributed by atoms with E-state index < -0.39 is 0 Å². The summed E-state index contributed by atoms with van der Waals surface area (Å²) >= 11 is 20.8. The van der Waals surface area contributed by atoms with Crippen LogP contribution in [0.25, 0.3) is 0 Å². The fourth-order valence-corrected chi connectivity index (χ4v) is 3.17. The molecule has 0 saturated carbocycles. The van der Waals surface area contributed by atoms with Crippen LogP contribution in [0.4, 0.5) is 0 Å². The van der Waals surface area contributed by atoms with Crippen molar-refractivity contribution in [3.63, 3.8) is 0 Å². The summed E-state index contributed by atoms with van der Waals surface area (Å²) in [7, 11) is 0. The first-order valence-electron chi connectivity index (χ1n) is 6.66. The third-order valence-corrected chi connectivity index (χ3v) is 5.28. The van der Waals surface area contributed by atoms with Crippen molar-refractivity contribution in [3.8, 4) is 0 Å². The first-order valence-corrected chi connectivity index (χ1v) is 8.87. The molecule has 1 atom stereocenters. The second-order valence-corrected chi connectivity index (χ2v) is 7.14. The highest BCUT2D eigenvalue weighted by atomic mass is 127. The molecule has 0 aliphatic heterocycles. The lowest BCUT2D eigenvalue weighted by molar-refractivity contribution is 0.599. The summed E-state index contributed by atoms with van der Waals surface area (Å²) in [6, 6.07) is 11.7. The minimum Gasteiger partial charge on any atom is -0.306 e. The minimum absolute atomic E-state index is 0.00390. The highest BCUT2D eigenvalue weighted by molar-refractivity contribution is 14.1. The molecule has 2 aromatic carbocycles. The van der Waals surface area contributed by atoms with Crippen LogP contribution in [0.5, 0.6) is 0 Å². The molecule has 0 bridgehead atoms. The molecule has 0 fully saturated rings. The van der Waals surface area contributed by atoms with Crippen LogP contribution in [0.2, 0.25) is 15.1 Å². The molecular weight excluding hydrogens is 439 g/mol. The van der Waals surface area contributed by atoms with Gasteiger partial charge in [-0.3, -0.25) is 0 Å². The average molecular weight is 455 g/mol. The van der Waals surface area contributed by atoms with Gasteiger partial charge in [0, 0.05) is 13.6 Å². The van der Waals surface area contributed by atoms with Gasteiger partial charge >= 0.3 is 0 Å². The summed E-state index contributed by atoms with van der Waals surface area (Å²) in [6.45, 7) is 3.03. The fraction of sp³-hybridized carbons (Fsp3) is 0.250. The molecule has 1 unspecified atom stereocenters. The van der Waals surface area contributed by atoms with Crippen molar-refractivity contribution in [3.05, 3.63) is 66.2 Å². The van der Waals surface area contributed by atoms with Gasteiger partial charge in [-0.2, -0.15) is 0 Å². The van der Waals surface area contributed by atoms with Crippen molar-refractivity contribution in [1.29, 1.82) is 0 Å². The van der Waals surface area contributed by atoms with Crippen molar-refractivity contribution >= 4 is 57.4 Å². The van der Waals surface area contributed by atoms with Gasteiger partial charge in [0.15, 0.2) is 0 Å². The predicted octanol–water partition coefficient (Wildman–Crippen LogP) is 6.34. The van der Waals surface area contributed by atoms with E-state index in [0.717, 1.165) is 32.7 Å². The molecular formula is C16H15Cl3IN. The van der Waals surface area contributed by atoms with Crippen LogP contribution in [0.15, 0.2) is 36.4 Å². The highest BCUT2D eigenvalue weighted by Gasteiger charge is 2.17. The minimum atomic E-state index is 0.00390. The number of benzene rings is 2. The Morgan fingerprint density at radius 1 is 1.05 bits per heavy atom. The van der Waals surface area contributed by atoms with Crippen molar-refractivity contribution in [2.45, 2.75) is 19.4 Å². The summed E-state index contributed by atoms with van der Waals surface area (Å²) < 4.78 is 1.04. The number of hydrogen-bond donors (Lipinski definition) is 1. The maximum Gasteiger partial charge on any atom is 0.0592 e. The average Bonchev–Trinajstić information content (AvgIpc) is 2.44. The van der Waals surface area contributed by atoms with Gasteiger partial charge in [0.25, 0.3) is 0 Å². The summed E-state index contributed by atoms with van der Waals surface area (Å²) in [5, 5.41) is 5.57. The molecule has 0 heterocycles. The highest BCUT2D eigenvalue weighted by Crippen LogP contribution is 2.32. The Morgan fingerprint density at radius 2 is 1.81 bits per heavy atom. The van der Waals surface area contributed by atoms with Crippen LogP contribution < -0.4 is 5.32 Å². The molecule has 2 rings (SSSR count). The normalized spacial score (nSPS) is 12.4. The van der Waals surface area contributed by atoms with Crippen LogP contribution >= 0.6 is 57.4 Å². The van der Waals surface area contributed by atoms with Gasteiger partial charge in [-0.25, -0.2) is 0 Å². The summed E-state index contributed by atoms with van der Waals surface area (Å²) in [5.41, 5.74) is 2.10. The SMILES string of the molecule is CCCNC(c1ccc(I)c(Cl)c1)c1ccc(Cl)cc1Cl. The van der Waals surface area contributed by atoms with E-state index in [1.54, 1.807) is 6.07 Å². The van der Waals surface area contributed by atoms with Crippen molar-refractivity contribution in [2.24, 2.45) is 0 Å². The molecule has 112 valence electrons. The Labute approximate surface area is 154 Å². The van der Waals surface area contributed by atoms with Gasteiger partial charge in [0.1, 0.15) is 0 Å². The van der Waals surface area contributed by atoms with Crippen LogP contribution in [-0.2, 0) is 0 Å². The zero-order chi connectivity index (χ0) is 15.4. The Kier molecular flexibility index (Phi) is 6.63. The van der Waals surface area contributed by atoms with Crippen molar-refractivity contribution < 1.29 is 0 Å². The molecule has 0 spiro atoms. The lowest BCUT2D eigenvalue weighted by Crippen LogP contribution is -2.23. The van der Waals surface area contributed by atoms with E-state index in [1.165, 1.54) is 0 Å². The molecule has 0 amide bonds. The Bertz CT molecular complexity index is 631. The molecule has 0 saturated heterocycles. The van der Waals surface area contributed by atoms with Crippen LogP contribution in [0, 0.1) is 3.57 Å². The smallest absolute Gasteiger partial charge is 0.0592 e. The van der Waals surface area contributed by atoms with Crippen molar-refractivity contribution in [1.82, 2.24) is 5.32 Å². The van der Waals surface area contributed by atoms with Crippen LogP contribution in [0.1, 0.15) is 30.5 Å². The van der Waals surface area contributed by atoms with Gasteiger partial charge in [-0.15, -0.1) is 0 Å². The van der Waals surface area contributed by atoms with E-state index in [4.69, 9.17) is 34.8 Å². The molecule has 0 aliphatic carbocycles. The Balaban J connectivity index is 2.44. The second-order valence-electron chi connectivity index (χ2n) is 4.73. The largest absolute Gasteiger partial charge is 0.306 e. The summed E-state index contributed by atoms with van der Waals surface area (Å²) in [5.74, 6) is 0. The van der Waals surface area contributed by atoms with E-state index in [9.17, 15) is 0 Å². The van der Waals surface area contributed by atoms with E-state index in [-0.39, 0.29) is 6.04 Å². The third kappa shape index (κ3) is 4.49. The molecule has 2 aromatic rings. The molecule has 1 nitrogen and oxygen atoms in total. The van der Waals surface area contributed by atoms with Gasteiger partial charge in [0.2, 0.25) is 0 Å². The maximum absolute atomic E-state index is 6.37. The van der Waals surface area contributed by atoms with Gasteiger partial charge in [0.05, 0.1) is 11.1 Å². The first kappa shape index (κ1) is 17.4. The number of hydrogen-bond acceptors (Lipinski definition) is 1. The maximum atomic E-state index is 6.37. The Morgan fingerprint density at radius 3 is 2.43 bits per heavy atom. The Hall–Kier alpha value is -0.000000000000000167. The van der Waals surface area contributed by atoms with Crippen LogP contribution in [0.3, 0.4) is 0 Å². The second kappa shape index (κ2) is 8.02.